The molecule has 0 saturated carbocycles. The number of aromatic nitrogens is 1. The van der Waals surface area contributed by atoms with Gasteiger partial charge in [0.25, 0.3) is 5.91 Å². The van der Waals surface area contributed by atoms with Crippen LogP contribution in [0.1, 0.15) is 42.6 Å². The average Bonchev–Trinajstić information content (AvgIpc) is 2.83. The van der Waals surface area contributed by atoms with Crippen LogP contribution in [0.3, 0.4) is 0 Å². The lowest BCUT2D eigenvalue weighted by Gasteiger charge is -2.33. The van der Waals surface area contributed by atoms with Crippen molar-refractivity contribution in [2.45, 2.75) is 33.2 Å². The first-order chi connectivity index (χ1) is 16.0. The summed E-state index contributed by atoms with van der Waals surface area (Å²) in [6.45, 7) is 6.04. The van der Waals surface area contributed by atoms with Crippen molar-refractivity contribution in [2.24, 2.45) is 5.92 Å². The molecule has 0 atom stereocenters. The molecule has 1 fully saturated rings. The van der Waals surface area contributed by atoms with Crippen LogP contribution >= 0.6 is 0 Å². The molecule has 1 aromatic heterocycles. The zero-order valence-corrected chi connectivity index (χ0v) is 19.1. The third-order valence-electron chi connectivity index (χ3n) is 5.50. The highest BCUT2D eigenvalue weighted by Crippen LogP contribution is 2.28. The molecule has 0 radical (unpaired) electrons. The Bertz CT molecular complexity index is 959. The molecule has 33 heavy (non-hydrogen) atoms. The number of rotatable bonds is 8. The summed E-state index contributed by atoms with van der Waals surface area (Å²) in [4.78, 5) is 43.0. The SMILES string of the molecule is CCOC(=O)CNC(=O)Nc1ccc(N2CCC(C)CC2)c(C(=O)NCc2cccnc2)c1. The van der Waals surface area contributed by atoms with E-state index in [9.17, 15) is 14.4 Å². The Kier molecular flexibility index (Phi) is 8.63. The largest absolute Gasteiger partial charge is 0.465 e. The quantitative estimate of drug-likeness (QED) is 0.530. The van der Waals surface area contributed by atoms with Crippen molar-refractivity contribution in [3.63, 3.8) is 0 Å². The van der Waals surface area contributed by atoms with E-state index in [1.807, 2.05) is 18.2 Å². The molecule has 9 heteroatoms. The highest BCUT2D eigenvalue weighted by atomic mass is 16.5. The van der Waals surface area contributed by atoms with Crippen LogP contribution in [-0.2, 0) is 16.1 Å². The van der Waals surface area contributed by atoms with Gasteiger partial charge in [0.15, 0.2) is 0 Å². The Morgan fingerprint density at radius 1 is 1.15 bits per heavy atom. The molecule has 1 aromatic carbocycles. The third-order valence-corrected chi connectivity index (χ3v) is 5.50. The molecule has 176 valence electrons. The molecule has 1 aliphatic rings. The van der Waals surface area contributed by atoms with Crippen molar-refractivity contribution in [1.82, 2.24) is 15.6 Å². The van der Waals surface area contributed by atoms with Gasteiger partial charge in [0.1, 0.15) is 6.54 Å². The van der Waals surface area contributed by atoms with Crippen LogP contribution in [0.5, 0.6) is 0 Å². The van der Waals surface area contributed by atoms with Gasteiger partial charge in [-0.2, -0.15) is 0 Å². The lowest BCUT2D eigenvalue weighted by Crippen LogP contribution is -2.35. The number of amides is 3. The van der Waals surface area contributed by atoms with E-state index in [0.29, 0.717) is 23.7 Å². The van der Waals surface area contributed by atoms with Gasteiger partial charge in [-0.25, -0.2) is 4.79 Å². The van der Waals surface area contributed by atoms with Gasteiger partial charge >= 0.3 is 12.0 Å². The molecule has 0 spiro atoms. The minimum absolute atomic E-state index is 0.233. The summed E-state index contributed by atoms with van der Waals surface area (Å²) >= 11 is 0. The van der Waals surface area contributed by atoms with Gasteiger partial charge in [-0.05, 0) is 55.5 Å². The maximum Gasteiger partial charge on any atom is 0.325 e. The number of carbonyl (C=O) groups is 3. The molecule has 1 saturated heterocycles. The second-order valence-corrected chi connectivity index (χ2v) is 8.06. The van der Waals surface area contributed by atoms with E-state index in [1.165, 1.54) is 0 Å². The maximum absolute atomic E-state index is 13.1. The van der Waals surface area contributed by atoms with Crippen LogP contribution in [0.25, 0.3) is 0 Å². The number of piperidine rings is 1. The van der Waals surface area contributed by atoms with E-state index in [2.05, 4.69) is 32.8 Å². The zero-order chi connectivity index (χ0) is 23.6. The highest BCUT2D eigenvalue weighted by molar-refractivity contribution is 6.02. The van der Waals surface area contributed by atoms with E-state index in [0.717, 1.165) is 37.2 Å². The molecular formula is C24H31N5O4. The fraction of sp³-hybridized carbons (Fsp3) is 0.417. The number of ether oxygens (including phenoxy) is 1. The zero-order valence-electron chi connectivity index (χ0n) is 19.1. The normalized spacial score (nSPS) is 13.8. The Labute approximate surface area is 193 Å². The van der Waals surface area contributed by atoms with Gasteiger partial charge in [-0.15, -0.1) is 0 Å². The second kappa shape index (κ2) is 11.8. The Balaban J connectivity index is 1.73. The number of nitrogens with zero attached hydrogens (tertiary/aromatic N) is 2. The Morgan fingerprint density at radius 3 is 2.64 bits per heavy atom. The van der Waals surface area contributed by atoms with Crippen molar-refractivity contribution in [1.29, 1.82) is 0 Å². The van der Waals surface area contributed by atoms with Crippen LogP contribution in [0, 0.1) is 5.92 Å². The first-order valence-electron chi connectivity index (χ1n) is 11.2. The second-order valence-electron chi connectivity index (χ2n) is 8.06. The summed E-state index contributed by atoms with van der Waals surface area (Å²) in [6.07, 6.45) is 5.52. The number of hydrogen-bond acceptors (Lipinski definition) is 6. The van der Waals surface area contributed by atoms with Crippen molar-refractivity contribution < 1.29 is 19.1 Å². The van der Waals surface area contributed by atoms with E-state index in [-0.39, 0.29) is 19.1 Å². The standard InChI is InChI=1S/C24H31N5O4/c1-3-33-22(30)16-27-24(32)28-19-6-7-21(29-11-8-17(2)9-12-29)20(13-19)23(31)26-15-18-5-4-10-25-14-18/h4-7,10,13-14,17H,3,8-9,11-12,15-16H2,1-2H3,(H,26,31)(H2,27,28,32). The summed E-state index contributed by atoms with van der Waals surface area (Å²) in [5.74, 6) is -0.0889. The van der Waals surface area contributed by atoms with Gasteiger partial charge in [-0.3, -0.25) is 14.6 Å². The van der Waals surface area contributed by atoms with E-state index >= 15 is 0 Å². The summed E-state index contributed by atoms with van der Waals surface area (Å²) in [6, 6.07) is 8.44. The van der Waals surface area contributed by atoms with Gasteiger partial charge in [0.05, 0.1) is 12.2 Å². The molecule has 3 N–H and O–H groups in total. The Hall–Kier alpha value is -3.62. The van der Waals surface area contributed by atoms with Gasteiger partial charge in [-0.1, -0.05) is 13.0 Å². The van der Waals surface area contributed by atoms with Crippen LogP contribution < -0.4 is 20.9 Å². The number of hydrogen-bond donors (Lipinski definition) is 3. The maximum atomic E-state index is 13.1. The predicted molar refractivity (Wildman–Crippen MR) is 126 cm³/mol. The van der Waals surface area contributed by atoms with Crippen LogP contribution in [0.15, 0.2) is 42.7 Å². The number of benzene rings is 1. The van der Waals surface area contributed by atoms with Crippen molar-refractivity contribution in [3.8, 4) is 0 Å². The summed E-state index contributed by atoms with van der Waals surface area (Å²) < 4.78 is 4.80. The fourth-order valence-electron chi connectivity index (χ4n) is 3.64. The summed E-state index contributed by atoms with van der Waals surface area (Å²) in [5, 5.41) is 8.07. The number of urea groups is 1. The number of esters is 1. The molecule has 0 unspecified atom stereocenters. The molecule has 0 aliphatic carbocycles. The first-order valence-corrected chi connectivity index (χ1v) is 11.2. The van der Waals surface area contributed by atoms with E-state index < -0.39 is 12.0 Å². The molecule has 2 heterocycles. The summed E-state index contributed by atoms with van der Waals surface area (Å²) in [5.41, 5.74) is 2.67. The van der Waals surface area contributed by atoms with Gasteiger partial charge in [0, 0.05) is 43.4 Å². The predicted octanol–water partition coefficient (Wildman–Crippen LogP) is 2.93. The lowest BCUT2D eigenvalue weighted by molar-refractivity contribution is -0.141. The molecule has 3 amide bonds. The van der Waals surface area contributed by atoms with E-state index in [4.69, 9.17) is 4.74 Å². The first kappa shape index (κ1) is 24.0. The minimum atomic E-state index is -0.552. The number of nitrogens with one attached hydrogen (secondary N) is 3. The topological polar surface area (TPSA) is 113 Å². The molecule has 3 rings (SSSR count). The van der Waals surface area contributed by atoms with Gasteiger partial charge in [0.2, 0.25) is 0 Å². The fourth-order valence-corrected chi connectivity index (χ4v) is 3.64. The third kappa shape index (κ3) is 7.20. The van der Waals surface area contributed by atoms with E-state index in [1.54, 1.807) is 31.5 Å². The number of carbonyl (C=O) groups excluding carboxylic acids is 3. The van der Waals surface area contributed by atoms with Crippen molar-refractivity contribution in [3.05, 3.63) is 53.9 Å². The molecular weight excluding hydrogens is 422 g/mol. The van der Waals surface area contributed by atoms with Gasteiger partial charge < -0.3 is 25.6 Å². The number of anilines is 2. The van der Waals surface area contributed by atoms with Crippen LogP contribution in [0.2, 0.25) is 0 Å². The summed E-state index contributed by atoms with van der Waals surface area (Å²) in [7, 11) is 0. The Morgan fingerprint density at radius 2 is 1.94 bits per heavy atom. The average molecular weight is 454 g/mol. The van der Waals surface area contributed by atoms with Crippen molar-refractivity contribution in [2.75, 3.05) is 36.5 Å². The minimum Gasteiger partial charge on any atom is -0.465 e. The lowest BCUT2D eigenvalue weighted by atomic mass is 9.97. The monoisotopic (exact) mass is 453 g/mol. The van der Waals surface area contributed by atoms with Crippen LogP contribution in [0.4, 0.5) is 16.2 Å². The highest BCUT2D eigenvalue weighted by Gasteiger charge is 2.22. The van der Waals surface area contributed by atoms with Crippen LogP contribution in [-0.4, -0.2) is 49.1 Å². The molecule has 0 bridgehead atoms. The van der Waals surface area contributed by atoms with Crippen molar-refractivity contribution >= 4 is 29.3 Å². The number of pyridine rings is 1. The molecule has 1 aliphatic heterocycles. The molecule has 2 aromatic rings. The molecule has 9 nitrogen and oxygen atoms in total. The smallest absolute Gasteiger partial charge is 0.325 e.